The Hall–Kier alpha value is -2.34. The highest BCUT2D eigenvalue weighted by Gasteiger charge is 2.51. The number of sulfonamides is 1. The summed E-state index contributed by atoms with van der Waals surface area (Å²) in [4.78, 5) is 15.4. The van der Waals surface area contributed by atoms with Gasteiger partial charge >= 0.3 is 0 Å². The summed E-state index contributed by atoms with van der Waals surface area (Å²) >= 11 is 0. The highest BCUT2D eigenvalue weighted by Crippen LogP contribution is 2.52. The molecule has 160 valence electrons. The van der Waals surface area contributed by atoms with Crippen molar-refractivity contribution in [2.75, 3.05) is 11.3 Å². The van der Waals surface area contributed by atoms with Gasteiger partial charge in [-0.2, -0.15) is 0 Å². The number of nitrogens with one attached hydrogen (secondary N) is 1. The number of benzene rings is 2. The number of amides is 1. The molecule has 30 heavy (non-hydrogen) atoms. The SMILES string of the molecule is Cc1ccc(NS(=O)(=O)c2cccc(C(=O)N3C[C@@]4(C)C[C@@H]3CC(C)(C)C4)c2)cc1. The quantitative estimate of drug-likeness (QED) is 0.761. The van der Waals surface area contributed by atoms with Crippen molar-refractivity contribution < 1.29 is 13.2 Å². The van der Waals surface area contributed by atoms with Crippen LogP contribution in [-0.2, 0) is 10.0 Å². The number of carbonyl (C=O) groups is 1. The second kappa shape index (κ2) is 7.12. The minimum atomic E-state index is -3.77. The van der Waals surface area contributed by atoms with Crippen LogP contribution in [0.3, 0.4) is 0 Å². The molecule has 0 spiro atoms. The molecule has 2 fully saturated rings. The first kappa shape index (κ1) is 20.9. The van der Waals surface area contributed by atoms with Gasteiger partial charge in [0.25, 0.3) is 15.9 Å². The van der Waals surface area contributed by atoms with E-state index in [4.69, 9.17) is 0 Å². The predicted molar refractivity (Wildman–Crippen MR) is 119 cm³/mol. The van der Waals surface area contributed by atoms with Gasteiger partial charge in [-0.3, -0.25) is 9.52 Å². The molecule has 0 radical (unpaired) electrons. The third-order valence-electron chi connectivity index (χ3n) is 6.37. The average Bonchev–Trinajstić information content (AvgIpc) is 2.91. The predicted octanol–water partition coefficient (Wildman–Crippen LogP) is 4.84. The molecule has 2 bridgehead atoms. The van der Waals surface area contributed by atoms with E-state index < -0.39 is 10.0 Å². The van der Waals surface area contributed by atoms with E-state index >= 15 is 0 Å². The molecule has 2 aromatic carbocycles. The van der Waals surface area contributed by atoms with E-state index in [2.05, 4.69) is 25.5 Å². The van der Waals surface area contributed by atoms with E-state index in [-0.39, 0.29) is 27.7 Å². The van der Waals surface area contributed by atoms with Crippen molar-refractivity contribution in [3.63, 3.8) is 0 Å². The standard InChI is InChI=1S/C24H30N2O3S/c1-17-8-10-19(11-9-17)25-30(28,29)21-7-5-6-18(12-21)22(27)26-16-24(4)14-20(26)13-23(2,3)15-24/h5-12,20,25H,13-16H2,1-4H3/t20-,24-/m0/s1. The molecule has 1 aliphatic carbocycles. The van der Waals surface area contributed by atoms with Crippen LogP contribution in [-0.4, -0.2) is 31.8 Å². The second-order valence-electron chi connectivity index (χ2n) is 10.1. The van der Waals surface area contributed by atoms with Gasteiger partial charge in [0.15, 0.2) is 0 Å². The van der Waals surface area contributed by atoms with E-state index in [0.29, 0.717) is 11.3 Å². The van der Waals surface area contributed by atoms with Gasteiger partial charge in [-0.05, 0) is 67.3 Å². The van der Waals surface area contributed by atoms with Gasteiger partial charge in [0.1, 0.15) is 0 Å². The van der Waals surface area contributed by atoms with Gasteiger partial charge in [0.2, 0.25) is 0 Å². The van der Waals surface area contributed by atoms with Gasteiger partial charge in [0, 0.05) is 23.8 Å². The van der Waals surface area contributed by atoms with Crippen molar-refractivity contribution in [3.05, 3.63) is 59.7 Å². The summed E-state index contributed by atoms with van der Waals surface area (Å²) in [7, 11) is -3.77. The fraction of sp³-hybridized carbons (Fsp3) is 0.458. The lowest BCUT2D eigenvalue weighted by Crippen LogP contribution is -2.37. The highest BCUT2D eigenvalue weighted by atomic mass is 32.2. The van der Waals surface area contributed by atoms with Crippen molar-refractivity contribution in [2.24, 2.45) is 10.8 Å². The Morgan fingerprint density at radius 3 is 2.47 bits per heavy atom. The Labute approximate surface area is 179 Å². The Kier molecular flexibility index (Phi) is 4.96. The molecule has 1 saturated carbocycles. The minimum absolute atomic E-state index is 0.0752. The fourth-order valence-corrected chi connectivity index (χ4v) is 6.60. The summed E-state index contributed by atoms with van der Waals surface area (Å²) in [6.45, 7) is 9.49. The number of aryl methyl sites for hydroxylation is 1. The highest BCUT2D eigenvalue weighted by molar-refractivity contribution is 7.92. The van der Waals surface area contributed by atoms with Crippen molar-refractivity contribution >= 4 is 21.6 Å². The summed E-state index contributed by atoms with van der Waals surface area (Å²) in [5, 5.41) is 0. The second-order valence-corrected chi connectivity index (χ2v) is 11.8. The van der Waals surface area contributed by atoms with Crippen LogP contribution in [0.5, 0.6) is 0 Å². The van der Waals surface area contributed by atoms with Crippen LogP contribution >= 0.6 is 0 Å². The maximum Gasteiger partial charge on any atom is 0.261 e. The number of fused-ring (bicyclic) bond motifs is 2. The first-order valence-electron chi connectivity index (χ1n) is 10.5. The van der Waals surface area contributed by atoms with Crippen LogP contribution in [0.25, 0.3) is 0 Å². The number of hydrogen-bond donors (Lipinski definition) is 1. The molecule has 2 aromatic rings. The van der Waals surface area contributed by atoms with E-state index in [1.54, 1.807) is 24.3 Å². The molecule has 1 heterocycles. The van der Waals surface area contributed by atoms with Crippen LogP contribution in [0.2, 0.25) is 0 Å². The molecule has 2 atom stereocenters. The third kappa shape index (κ3) is 4.10. The van der Waals surface area contributed by atoms with Crippen molar-refractivity contribution in [2.45, 2.75) is 57.9 Å². The summed E-state index contributed by atoms with van der Waals surface area (Å²) < 4.78 is 28.3. The van der Waals surface area contributed by atoms with Crippen molar-refractivity contribution in [3.8, 4) is 0 Å². The number of rotatable bonds is 4. The molecular weight excluding hydrogens is 396 g/mol. The lowest BCUT2D eigenvalue weighted by atomic mass is 9.65. The summed E-state index contributed by atoms with van der Waals surface area (Å²) in [6.07, 6.45) is 3.12. The van der Waals surface area contributed by atoms with Crippen LogP contribution in [0.15, 0.2) is 53.4 Å². The monoisotopic (exact) mass is 426 g/mol. The van der Waals surface area contributed by atoms with Gasteiger partial charge in [-0.1, -0.05) is 44.5 Å². The van der Waals surface area contributed by atoms with Crippen molar-refractivity contribution in [1.29, 1.82) is 0 Å². The number of carbonyl (C=O) groups excluding carboxylic acids is 1. The smallest absolute Gasteiger partial charge is 0.261 e. The van der Waals surface area contributed by atoms with Gasteiger partial charge < -0.3 is 4.90 Å². The van der Waals surface area contributed by atoms with Crippen LogP contribution < -0.4 is 4.72 Å². The minimum Gasteiger partial charge on any atom is -0.335 e. The zero-order valence-corrected chi connectivity index (χ0v) is 18.9. The molecule has 1 saturated heterocycles. The maximum atomic E-state index is 13.3. The average molecular weight is 427 g/mol. The largest absolute Gasteiger partial charge is 0.335 e. The Balaban J connectivity index is 1.57. The van der Waals surface area contributed by atoms with Crippen LogP contribution in [0.1, 0.15) is 56.0 Å². The normalized spacial score (nSPS) is 25.2. The fourth-order valence-electron chi connectivity index (χ4n) is 5.50. The summed E-state index contributed by atoms with van der Waals surface area (Å²) in [6, 6.07) is 13.8. The number of likely N-dealkylation sites (tertiary alicyclic amines) is 1. The first-order valence-corrected chi connectivity index (χ1v) is 12.0. The Morgan fingerprint density at radius 1 is 1.07 bits per heavy atom. The molecule has 0 unspecified atom stereocenters. The molecule has 4 rings (SSSR count). The molecule has 6 heteroatoms. The number of nitrogens with zero attached hydrogens (tertiary/aromatic N) is 1. The van der Waals surface area contributed by atoms with Crippen LogP contribution in [0, 0.1) is 17.8 Å². The van der Waals surface area contributed by atoms with Gasteiger partial charge in [0.05, 0.1) is 4.90 Å². The van der Waals surface area contributed by atoms with E-state index in [1.807, 2.05) is 24.0 Å². The molecule has 1 amide bonds. The first-order chi connectivity index (χ1) is 14.0. The third-order valence-corrected chi connectivity index (χ3v) is 7.75. The lowest BCUT2D eigenvalue weighted by Gasteiger charge is -2.39. The zero-order chi connectivity index (χ0) is 21.7. The summed E-state index contributed by atoms with van der Waals surface area (Å²) in [5.41, 5.74) is 2.34. The lowest BCUT2D eigenvalue weighted by molar-refractivity contribution is 0.0708. The molecule has 0 aromatic heterocycles. The maximum absolute atomic E-state index is 13.3. The van der Waals surface area contributed by atoms with Gasteiger partial charge in [-0.15, -0.1) is 0 Å². The van der Waals surface area contributed by atoms with E-state index in [0.717, 1.165) is 31.4 Å². The topological polar surface area (TPSA) is 66.5 Å². The van der Waals surface area contributed by atoms with Crippen LogP contribution in [0.4, 0.5) is 5.69 Å². The number of hydrogen-bond acceptors (Lipinski definition) is 3. The zero-order valence-electron chi connectivity index (χ0n) is 18.1. The molecule has 1 N–H and O–H groups in total. The molecule has 2 aliphatic rings. The Bertz CT molecular complexity index is 1080. The number of anilines is 1. The molecular formula is C24H30N2O3S. The molecule has 5 nitrogen and oxygen atoms in total. The van der Waals surface area contributed by atoms with E-state index in [1.165, 1.54) is 12.1 Å². The summed E-state index contributed by atoms with van der Waals surface area (Å²) in [5.74, 6) is -0.0752. The van der Waals surface area contributed by atoms with Crippen molar-refractivity contribution in [1.82, 2.24) is 4.90 Å². The Morgan fingerprint density at radius 2 is 1.77 bits per heavy atom. The molecule has 1 aliphatic heterocycles. The van der Waals surface area contributed by atoms with Gasteiger partial charge in [-0.25, -0.2) is 8.42 Å². The van der Waals surface area contributed by atoms with E-state index in [9.17, 15) is 13.2 Å².